The molecule has 0 unspecified atom stereocenters. The molecule has 32 heavy (non-hydrogen) atoms. The third kappa shape index (κ3) is 4.59. The Labute approximate surface area is 186 Å². The number of nitrogens with zero attached hydrogens (tertiary/aromatic N) is 6. The van der Waals surface area contributed by atoms with Gasteiger partial charge in [-0.25, -0.2) is 9.48 Å². The first-order valence-electron chi connectivity index (χ1n) is 10.9. The van der Waals surface area contributed by atoms with Crippen LogP contribution in [0.4, 0.5) is 0 Å². The minimum Gasteiger partial charge on any atom is -0.274 e. The van der Waals surface area contributed by atoms with Gasteiger partial charge in [0.25, 0.3) is 0 Å². The van der Waals surface area contributed by atoms with E-state index in [1.54, 1.807) is 9.25 Å². The van der Waals surface area contributed by atoms with E-state index in [0.29, 0.717) is 25.3 Å². The molecule has 0 aliphatic heterocycles. The normalized spacial score (nSPS) is 11.4. The van der Waals surface area contributed by atoms with E-state index in [1.807, 2.05) is 43.3 Å². The summed E-state index contributed by atoms with van der Waals surface area (Å²) in [5, 5.41) is 19.0. The molecule has 0 radical (unpaired) electrons. The van der Waals surface area contributed by atoms with Gasteiger partial charge >= 0.3 is 5.69 Å². The molecule has 8 nitrogen and oxygen atoms in total. The number of benzene rings is 2. The highest BCUT2D eigenvalue weighted by Gasteiger charge is 2.14. The molecule has 0 saturated heterocycles. The summed E-state index contributed by atoms with van der Waals surface area (Å²) in [5.74, 6) is 1.35. The van der Waals surface area contributed by atoms with Crippen molar-refractivity contribution in [1.82, 2.24) is 35.0 Å². The fraction of sp³-hybridized carbons (Fsp3) is 0.292. The number of hydrogen-bond donors (Lipinski definition) is 1. The van der Waals surface area contributed by atoms with Crippen molar-refractivity contribution >= 4 is 0 Å². The maximum atomic E-state index is 12.9. The van der Waals surface area contributed by atoms with E-state index in [1.165, 1.54) is 0 Å². The van der Waals surface area contributed by atoms with Crippen LogP contribution in [0.1, 0.15) is 38.1 Å². The van der Waals surface area contributed by atoms with Gasteiger partial charge in [-0.05, 0) is 35.2 Å². The van der Waals surface area contributed by atoms with Crippen LogP contribution in [0.5, 0.6) is 0 Å². The minimum absolute atomic E-state index is 0.0514. The second-order valence-electron chi connectivity index (χ2n) is 7.61. The molecule has 0 atom stereocenters. The van der Waals surface area contributed by atoms with Gasteiger partial charge in [0.05, 0.1) is 6.54 Å². The number of aryl methyl sites for hydroxylation is 1. The van der Waals surface area contributed by atoms with Gasteiger partial charge in [0.2, 0.25) is 5.82 Å². The van der Waals surface area contributed by atoms with Crippen molar-refractivity contribution in [2.45, 2.75) is 46.2 Å². The molecule has 0 saturated carbocycles. The summed E-state index contributed by atoms with van der Waals surface area (Å²) < 4.78 is 3.37. The predicted octanol–water partition coefficient (Wildman–Crippen LogP) is 3.86. The maximum Gasteiger partial charge on any atom is 0.346 e. The fourth-order valence-electron chi connectivity index (χ4n) is 3.65. The van der Waals surface area contributed by atoms with Gasteiger partial charge in [-0.2, -0.15) is 10.3 Å². The van der Waals surface area contributed by atoms with Crippen LogP contribution < -0.4 is 5.69 Å². The zero-order valence-electron chi connectivity index (χ0n) is 18.4. The van der Waals surface area contributed by atoms with E-state index in [4.69, 9.17) is 0 Å². The van der Waals surface area contributed by atoms with Crippen LogP contribution in [0.3, 0.4) is 0 Å². The van der Waals surface area contributed by atoms with E-state index in [2.05, 4.69) is 56.9 Å². The summed E-state index contributed by atoms with van der Waals surface area (Å²) in [6, 6.07) is 16.2. The number of allylic oxidation sites excluding steroid dienone is 2. The maximum absolute atomic E-state index is 12.9. The number of nitrogens with one attached hydrogen (secondary N) is 1. The average Bonchev–Trinajstić information content (AvgIpc) is 3.46. The number of hydrogen-bond acceptors (Lipinski definition) is 5. The summed E-state index contributed by atoms with van der Waals surface area (Å²) in [6.45, 7) is 5.23. The smallest absolute Gasteiger partial charge is 0.274 e. The molecule has 0 aliphatic rings. The van der Waals surface area contributed by atoms with Crippen LogP contribution in [0.15, 0.2) is 65.5 Å². The Kier molecular flexibility index (Phi) is 6.69. The first-order chi connectivity index (χ1) is 15.7. The van der Waals surface area contributed by atoms with Crippen LogP contribution in [-0.4, -0.2) is 35.0 Å². The number of aromatic nitrogens is 7. The summed E-state index contributed by atoms with van der Waals surface area (Å²) in [6.07, 6.45) is 6.61. The van der Waals surface area contributed by atoms with Gasteiger partial charge in [0, 0.05) is 18.5 Å². The van der Waals surface area contributed by atoms with Crippen molar-refractivity contribution in [2.24, 2.45) is 0 Å². The number of rotatable bonds is 9. The largest absolute Gasteiger partial charge is 0.346 e. The summed E-state index contributed by atoms with van der Waals surface area (Å²) in [5.41, 5.74) is 3.98. The third-order valence-electron chi connectivity index (χ3n) is 5.38. The van der Waals surface area contributed by atoms with Crippen molar-refractivity contribution in [3.8, 4) is 22.5 Å². The lowest BCUT2D eigenvalue weighted by Crippen LogP contribution is -2.26. The molecular formula is C24H27N7O. The van der Waals surface area contributed by atoms with Gasteiger partial charge < -0.3 is 0 Å². The van der Waals surface area contributed by atoms with Crippen molar-refractivity contribution < 1.29 is 0 Å². The van der Waals surface area contributed by atoms with Crippen LogP contribution in [0.2, 0.25) is 0 Å². The molecule has 0 amide bonds. The highest BCUT2D eigenvalue weighted by atomic mass is 16.2. The fourth-order valence-corrected chi connectivity index (χ4v) is 3.65. The molecule has 0 fully saturated rings. The molecular weight excluding hydrogens is 402 g/mol. The molecule has 164 valence electrons. The lowest BCUT2D eigenvalue weighted by molar-refractivity contribution is 0.545. The molecule has 2 heterocycles. The summed E-state index contributed by atoms with van der Waals surface area (Å²) in [7, 11) is 0. The molecule has 4 aromatic rings. The van der Waals surface area contributed by atoms with E-state index < -0.39 is 0 Å². The van der Waals surface area contributed by atoms with Crippen molar-refractivity contribution in [1.29, 1.82) is 0 Å². The average molecular weight is 430 g/mol. The Bertz CT molecular complexity index is 1230. The van der Waals surface area contributed by atoms with Gasteiger partial charge in [-0.1, -0.05) is 74.0 Å². The first-order valence-corrected chi connectivity index (χ1v) is 10.9. The van der Waals surface area contributed by atoms with Gasteiger partial charge in [-0.3, -0.25) is 4.57 Å². The quantitative estimate of drug-likeness (QED) is 0.408. The SMILES string of the molecule is C/C=C/Cc1nn(CCCC)c(=O)n1Cc1ccc(-c2ccccc2-c2nn[nH]n2)cc1. The Balaban J connectivity index is 1.61. The Morgan fingerprint density at radius 3 is 2.53 bits per heavy atom. The predicted molar refractivity (Wildman–Crippen MR) is 124 cm³/mol. The van der Waals surface area contributed by atoms with E-state index >= 15 is 0 Å². The van der Waals surface area contributed by atoms with Gasteiger partial charge in [0.1, 0.15) is 5.82 Å². The molecule has 0 spiro atoms. The molecule has 1 N–H and O–H groups in total. The van der Waals surface area contributed by atoms with E-state index in [-0.39, 0.29) is 5.69 Å². The van der Waals surface area contributed by atoms with Gasteiger partial charge in [0.15, 0.2) is 0 Å². The number of aromatic amines is 1. The van der Waals surface area contributed by atoms with E-state index in [0.717, 1.165) is 40.9 Å². The summed E-state index contributed by atoms with van der Waals surface area (Å²) in [4.78, 5) is 12.9. The van der Waals surface area contributed by atoms with Crippen LogP contribution in [-0.2, 0) is 19.5 Å². The molecule has 8 heteroatoms. The molecule has 2 aromatic carbocycles. The molecule has 0 bridgehead atoms. The first kappa shape index (κ1) is 21.4. The van der Waals surface area contributed by atoms with Crippen molar-refractivity contribution in [3.63, 3.8) is 0 Å². The Morgan fingerprint density at radius 1 is 1.06 bits per heavy atom. The zero-order chi connectivity index (χ0) is 22.3. The highest BCUT2D eigenvalue weighted by Crippen LogP contribution is 2.29. The molecule has 4 rings (SSSR count). The van der Waals surface area contributed by atoms with Crippen molar-refractivity contribution in [3.05, 3.63) is 82.6 Å². The number of unbranched alkanes of at least 4 members (excludes halogenated alkanes) is 1. The van der Waals surface area contributed by atoms with Crippen LogP contribution >= 0.6 is 0 Å². The third-order valence-corrected chi connectivity index (χ3v) is 5.38. The molecule has 2 aromatic heterocycles. The van der Waals surface area contributed by atoms with Crippen molar-refractivity contribution in [2.75, 3.05) is 0 Å². The summed E-state index contributed by atoms with van der Waals surface area (Å²) >= 11 is 0. The molecule has 0 aliphatic carbocycles. The highest BCUT2D eigenvalue weighted by molar-refractivity contribution is 5.80. The second kappa shape index (κ2) is 10.00. The number of tetrazole rings is 1. The van der Waals surface area contributed by atoms with Crippen LogP contribution in [0, 0.1) is 0 Å². The van der Waals surface area contributed by atoms with Crippen LogP contribution in [0.25, 0.3) is 22.5 Å². The van der Waals surface area contributed by atoms with Gasteiger partial charge in [-0.15, -0.1) is 10.2 Å². The zero-order valence-corrected chi connectivity index (χ0v) is 18.4. The topological polar surface area (TPSA) is 94.3 Å². The monoisotopic (exact) mass is 429 g/mol. The number of H-pyrrole nitrogens is 1. The second-order valence-corrected chi connectivity index (χ2v) is 7.61. The Morgan fingerprint density at radius 2 is 1.84 bits per heavy atom. The Hall–Kier alpha value is -3.81. The minimum atomic E-state index is -0.0514. The lowest BCUT2D eigenvalue weighted by atomic mass is 9.98. The lowest BCUT2D eigenvalue weighted by Gasteiger charge is -2.09. The van der Waals surface area contributed by atoms with E-state index in [9.17, 15) is 4.79 Å². The standard InChI is InChI=1S/C24H27N7O/c1-3-5-11-22-27-31(16-6-4-2)24(32)30(22)17-18-12-14-19(15-13-18)20-9-7-8-10-21(20)23-25-28-29-26-23/h3,5,7-10,12-15H,4,6,11,16-17H2,1-2H3,(H,25,26,28,29)/b5-3+.